The van der Waals surface area contributed by atoms with Gasteiger partial charge in [0.1, 0.15) is 5.82 Å². The van der Waals surface area contributed by atoms with E-state index in [0.717, 1.165) is 17.4 Å². The molecule has 1 nitrogen and oxygen atoms in total. The van der Waals surface area contributed by atoms with Gasteiger partial charge in [-0.15, -0.1) is 0 Å². The Morgan fingerprint density at radius 2 is 1.85 bits per heavy atom. The van der Waals surface area contributed by atoms with E-state index < -0.39 is 0 Å². The summed E-state index contributed by atoms with van der Waals surface area (Å²) < 4.78 is 13.9. The van der Waals surface area contributed by atoms with Crippen molar-refractivity contribution in [2.75, 3.05) is 0 Å². The molecule has 0 aliphatic heterocycles. The van der Waals surface area contributed by atoms with Gasteiger partial charge in [0.2, 0.25) is 0 Å². The molecule has 3 heteroatoms. The Hall–Kier alpha value is -0.410. The van der Waals surface area contributed by atoms with Crippen LogP contribution in [0.1, 0.15) is 56.6 Å². The molecular weight excluding hydrogens is 317 g/mol. The number of halogens is 2. The van der Waals surface area contributed by atoms with Crippen molar-refractivity contribution in [3.05, 3.63) is 34.1 Å². The van der Waals surface area contributed by atoms with Crippen molar-refractivity contribution in [3.8, 4) is 0 Å². The van der Waals surface area contributed by atoms with Gasteiger partial charge in [-0.25, -0.2) is 4.39 Å². The Morgan fingerprint density at radius 1 is 1.10 bits per heavy atom. The maximum atomic E-state index is 13.3. The van der Waals surface area contributed by atoms with Crippen LogP contribution in [-0.4, -0.2) is 0 Å². The molecule has 20 heavy (non-hydrogen) atoms. The average Bonchev–Trinajstić information content (AvgIpc) is 2.49. The van der Waals surface area contributed by atoms with E-state index in [1.54, 1.807) is 0 Å². The van der Waals surface area contributed by atoms with Crippen molar-refractivity contribution in [1.29, 1.82) is 0 Å². The molecule has 0 spiro atoms. The van der Waals surface area contributed by atoms with Crippen molar-refractivity contribution in [1.82, 2.24) is 0 Å². The highest BCUT2D eigenvalue weighted by Crippen LogP contribution is 2.45. The summed E-state index contributed by atoms with van der Waals surface area (Å²) in [4.78, 5) is 0. The number of fused-ring (bicyclic) bond motifs is 1. The van der Waals surface area contributed by atoms with E-state index in [2.05, 4.69) is 15.9 Å². The van der Waals surface area contributed by atoms with Gasteiger partial charge in [-0.3, -0.25) is 0 Å². The summed E-state index contributed by atoms with van der Waals surface area (Å²) in [5, 5.41) is 0. The van der Waals surface area contributed by atoms with E-state index >= 15 is 0 Å². The maximum absolute atomic E-state index is 13.3. The molecule has 1 aromatic carbocycles. The Bertz CT molecular complexity index is 476. The van der Waals surface area contributed by atoms with Gasteiger partial charge in [-0.05, 0) is 70.6 Å². The first-order valence-electron chi connectivity index (χ1n) is 7.85. The van der Waals surface area contributed by atoms with Crippen LogP contribution in [0, 0.1) is 23.6 Å². The normalized spacial score (nSPS) is 31.6. The van der Waals surface area contributed by atoms with Crippen LogP contribution in [0.4, 0.5) is 4.39 Å². The Kier molecular flexibility index (Phi) is 4.46. The fourth-order valence-electron chi connectivity index (χ4n) is 4.23. The summed E-state index contributed by atoms with van der Waals surface area (Å²) in [7, 11) is 0. The van der Waals surface area contributed by atoms with Crippen LogP contribution in [0.3, 0.4) is 0 Å². The van der Waals surface area contributed by atoms with Crippen LogP contribution >= 0.6 is 15.9 Å². The first-order valence-corrected chi connectivity index (χ1v) is 8.65. The molecule has 0 amide bonds. The number of rotatable bonds is 2. The predicted octanol–water partition coefficient (Wildman–Crippen LogP) is 5.19. The SMILES string of the molecule is NC(c1ccc(F)c(Br)c1)C1CCC2CCCCC2C1. The van der Waals surface area contributed by atoms with Crippen molar-refractivity contribution in [2.24, 2.45) is 23.5 Å². The number of hydrogen-bond acceptors (Lipinski definition) is 1. The van der Waals surface area contributed by atoms with Crippen LogP contribution in [0.5, 0.6) is 0 Å². The van der Waals surface area contributed by atoms with Gasteiger partial charge >= 0.3 is 0 Å². The van der Waals surface area contributed by atoms with E-state index in [1.165, 1.54) is 51.0 Å². The van der Waals surface area contributed by atoms with Gasteiger partial charge in [0, 0.05) is 6.04 Å². The molecule has 2 saturated carbocycles. The van der Waals surface area contributed by atoms with Crippen molar-refractivity contribution in [3.63, 3.8) is 0 Å². The molecule has 0 saturated heterocycles. The molecule has 0 radical (unpaired) electrons. The molecule has 4 unspecified atom stereocenters. The second-order valence-corrected chi connectivity index (χ2v) is 7.43. The number of benzene rings is 1. The van der Waals surface area contributed by atoms with Crippen LogP contribution in [0.15, 0.2) is 22.7 Å². The summed E-state index contributed by atoms with van der Waals surface area (Å²) in [6.45, 7) is 0. The molecule has 4 atom stereocenters. The van der Waals surface area contributed by atoms with Crippen LogP contribution in [-0.2, 0) is 0 Å². The average molecular weight is 340 g/mol. The molecule has 0 heterocycles. The lowest BCUT2D eigenvalue weighted by atomic mass is 9.65. The summed E-state index contributed by atoms with van der Waals surface area (Å²) in [6.07, 6.45) is 9.47. The van der Waals surface area contributed by atoms with Gasteiger partial charge in [0.15, 0.2) is 0 Å². The van der Waals surface area contributed by atoms with Crippen LogP contribution in [0.2, 0.25) is 0 Å². The minimum atomic E-state index is -0.211. The summed E-state index contributed by atoms with van der Waals surface area (Å²) in [5.74, 6) is 2.19. The zero-order chi connectivity index (χ0) is 14.1. The zero-order valence-electron chi connectivity index (χ0n) is 11.8. The lowest BCUT2D eigenvalue weighted by molar-refractivity contribution is 0.117. The summed E-state index contributed by atoms with van der Waals surface area (Å²) in [6, 6.07) is 5.27. The highest BCUT2D eigenvalue weighted by atomic mass is 79.9. The molecule has 3 rings (SSSR count). The third-order valence-corrected chi connectivity index (χ3v) is 6.02. The van der Waals surface area contributed by atoms with Gasteiger partial charge < -0.3 is 5.73 Å². The molecule has 0 aromatic heterocycles. The molecule has 110 valence electrons. The van der Waals surface area contributed by atoms with Crippen molar-refractivity contribution >= 4 is 15.9 Å². The van der Waals surface area contributed by atoms with Gasteiger partial charge in [-0.1, -0.05) is 31.7 Å². The van der Waals surface area contributed by atoms with Gasteiger partial charge in [0.25, 0.3) is 0 Å². The second-order valence-electron chi connectivity index (χ2n) is 6.58. The topological polar surface area (TPSA) is 26.0 Å². The molecule has 2 fully saturated rings. The van der Waals surface area contributed by atoms with E-state index in [-0.39, 0.29) is 11.9 Å². The molecule has 2 aliphatic rings. The van der Waals surface area contributed by atoms with Gasteiger partial charge in [-0.2, -0.15) is 0 Å². The Balaban J connectivity index is 1.70. The van der Waals surface area contributed by atoms with E-state index in [1.807, 2.05) is 12.1 Å². The first-order chi connectivity index (χ1) is 9.65. The smallest absolute Gasteiger partial charge is 0.137 e. The molecule has 0 bridgehead atoms. The fourth-order valence-corrected chi connectivity index (χ4v) is 4.62. The maximum Gasteiger partial charge on any atom is 0.137 e. The highest BCUT2D eigenvalue weighted by molar-refractivity contribution is 9.10. The Morgan fingerprint density at radius 3 is 2.60 bits per heavy atom. The fraction of sp³-hybridized carbons (Fsp3) is 0.647. The van der Waals surface area contributed by atoms with Crippen molar-refractivity contribution in [2.45, 2.75) is 51.0 Å². The van der Waals surface area contributed by atoms with Gasteiger partial charge in [0.05, 0.1) is 4.47 Å². The van der Waals surface area contributed by atoms with E-state index in [4.69, 9.17) is 5.73 Å². The predicted molar refractivity (Wildman–Crippen MR) is 83.8 cm³/mol. The van der Waals surface area contributed by atoms with Crippen LogP contribution in [0.25, 0.3) is 0 Å². The quantitative estimate of drug-likeness (QED) is 0.787. The molecule has 1 aromatic rings. The minimum absolute atomic E-state index is 0.0507. The number of nitrogens with two attached hydrogens (primary N) is 1. The molecule has 2 aliphatic carbocycles. The number of hydrogen-bond donors (Lipinski definition) is 1. The molecular formula is C17H23BrFN. The lowest BCUT2D eigenvalue weighted by Crippen LogP contribution is -2.33. The lowest BCUT2D eigenvalue weighted by Gasteiger charge is -2.41. The van der Waals surface area contributed by atoms with E-state index in [9.17, 15) is 4.39 Å². The minimum Gasteiger partial charge on any atom is -0.324 e. The second kappa shape index (κ2) is 6.15. The van der Waals surface area contributed by atoms with Crippen molar-refractivity contribution < 1.29 is 4.39 Å². The standard InChI is InChI=1S/C17H23BrFN/c18-15-10-14(7-8-16(15)19)17(20)13-6-5-11-3-1-2-4-12(11)9-13/h7-8,10-13,17H,1-6,9,20H2. The summed E-state index contributed by atoms with van der Waals surface area (Å²) in [5.41, 5.74) is 7.53. The Labute approximate surface area is 129 Å². The third kappa shape index (κ3) is 2.94. The van der Waals surface area contributed by atoms with E-state index in [0.29, 0.717) is 10.4 Å². The summed E-state index contributed by atoms with van der Waals surface area (Å²) >= 11 is 3.26. The highest BCUT2D eigenvalue weighted by Gasteiger charge is 2.34. The third-order valence-electron chi connectivity index (χ3n) is 5.42. The first kappa shape index (κ1) is 14.5. The van der Waals surface area contributed by atoms with Crippen LogP contribution < -0.4 is 5.73 Å². The monoisotopic (exact) mass is 339 g/mol. The molecule has 2 N–H and O–H groups in total. The zero-order valence-corrected chi connectivity index (χ0v) is 13.4. The largest absolute Gasteiger partial charge is 0.324 e.